The molecule has 1 N–H and O–H groups in total. The van der Waals surface area contributed by atoms with Gasteiger partial charge in [-0.25, -0.2) is 17.5 Å². The summed E-state index contributed by atoms with van der Waals surface area (Å²) in [5.41, 5.74) is 0.786. The molecule has 3 rings (SSSR count). The summed E-state index contributed by atoms with van der Waals surface area (Å²) in [5, 5.41) is 11.0. The zero-order valence-corrected chi connectivity index (χ0v) is 14.4. The van der Waals surface area contributed by atoms with Crippen molar-refractivity contribution < 1.29 is 17.6 Å². The van der Waals surface area contributed by atoms with Crippen LogP contribution in [0.15, 0.2) is 53.4 Å². The lowest BCUT2D eigenvalue weighted by atomic mass is 10.2. The highest BCUT2D eigenvalue weighted by Crippen LogP contribution is 2.13. The van der Waals surface area contributed by atoms with Crippen molar-refractivity contribution >= 4 is 15.8 Å². The molecule has 0 radical (unpaired) electrons. The third-order valence-electron chi connectivity index (χ3n) is 3.58. The molecule has 0 saturated heterocycles. The van der Waals surface area contributed by atoms with Gasteiger partial charge >= 0.3 is 0 Å². The van der Waals surface area contributed by atoms with Gasteiger partial charge in [-0.1, -0.05) is 18.2 Å². The Morgan fingerprint density at radius 2 is 1.92 bits per heavy atom. The summed E-state index contributed by atoms with van der Waals surface area (Å²) < 4.78 is 41.7. The second kappa shape index (κ2) is 7.10. The molecule has 26 heavy (non-hydrogen) atoms. The molecule has 0 aliphatic heterocycles. The number of Topliss-reactive ketones (excluding diaryl/α,β-unsaturated/α-hetero) is 1. The molecule has 0 unspecified atom stereocenters. The molecule has 0 spiro atoms. The summed E-state index contributed by atoms with van der Waals surface area (Å²) in [6.07, 6.45) is 0. The lowest BCUT2D eigenvalue weighted by Crippen LogP contribution is -2.25. The van der Waals surface area contributed by atoms with Gasteiger partial charge in [0.05, 0.1) is 17.1 Å². The Kier molecular flexibility index (Phi) is 4.87. The van der Waals surface area contributed by atoms with E-state index in [1.54, 1.807) is 6.07 Å². The molecule has 0 atom stereocenters. The van der Waals surface area contributed by atoms with E-state index in [0.717, 1.165) is 0 Å². The molecule has 134 valence electrons. The fourth-order valence-electron chi connectivity index (χ4n) is 2.24. The van der Waals surface area contributed by atoms with Crippen molar-refractivity contribution in [2.75, 3.05) is 0 Å². The first-order valence-electron chi connectivity index (χ1n) is 7.51. The number of tetrazole rings is 1. The number of hydrogen-bond acceptors (Lipinski definition) is 6. The summed E-state index contributed by atoms with van der Waals surface area (Å²) in [7, 11) is -3.83. The number of sulfonamides is 1. The van der Waals surface area contributed by atoms with E-state index >= 15 is 0 Å². The number of ketones is 1. The first-order valence-corrected chi connectivity index (χ1v) is 8.99. The largest absolute Gasteiger partial charge is 0.295 e. The second-order valence-corrected chi connectivity index (χ2v) is 7.16. The first-order chi connectivity index (χ1) is 12.4. The molecule has 2 aromatic carbocycles. The van der Waals surface area contributed by atoms with E-state index < -0.39 is 15.8 Å². The van der Waals surface area contributed by atoms with E-state index in [1.165, 1.54) is 54.1 Å². The van der Waals surface area contributed by atoms with Crippen LogP contribution >= 0.6 is 0 Å². The van der Waals surface area contributed by atoms with Crippen molar-refractivity contribution in [2.24, 2.45) is 0 Å². The van der Waals surface area contributed by atoms with E-state index in [-0.39, 0.29) is 23.0 Å². The molecule has 10 heteroatoms. The summed E-state index contributed by atoms with van der Waals surface area (Å²) in [4.78, 5) is 11.3. The van der Waals surface area contributed by atoms with Crippen molar-refractivity contribution in [1.29, 1.82) is 0 Å². The minimum atomic E-state index is -3.83. The minimum Gasteiger partial charge on any atom is -0.295 e. The van der Waals surface area contributed by atoms with Gasteiger partial charge in [0.15, 0.2) is 11.6 Å². The van der Waals surface area contributed by atoms with Gasteiger partial charge in [0.25, 0.3) is 0 Å². The van der Waals surface area contributed by atoms with E-state index in [0.29, 0.717) is 11.3 Å². The summed E-state index contributed by atoms with van der Waals surface area (Å²) in [6.45, 7) is 1.20. The predicted molar refractivity (Wildman–Crippen MR) is 89.6 cm³/mol. The number of rotatable bonds is 6. The number of nitrogens with one attached hydrogen (secondary N) is 1. The van der Waals surface area contributed by atoms with Gasteiger partial charge in [0, 0.05) is 5.56 Å². The summed E-state index contributed by atoms with van der Waals surface area (Å²) in [6, 6.07) is 11.2. The van der Waals surface area contributed by atoms with Gasteiger partial charge in [-0.3, -0.25) is 4.79 Å². The van der Waals surface area contributed by atoms with Crippen LogP contribution in [0.3, 0.4) is 0 Å². The molecule has 8 nitrogen and oxygen atoms in total. The number of halogens is 1. The molecule has 0 saturated carbocycles. The Morgan fingerprint density at radius 1 is 1.19 bits per heavy atom. The number of carbonyl (C=O) groups is 1. The Morgan fingerprint density at radius 3 is 2.58 bits per heavy atom. The van der Waals surface area contributed by atoms with Crippen molar-refractivity contribution in [3.8, 4) is 5.69 Å². The summed E-state index contributed by atoms with van der Waals surface area (Å²) >= 11 is 0. The molecule has 0 amide bonds. The van der Waals surface area contributed by atoms with Gasteiger partial charge in [-0.05, 0) is 47.7 Å². The maximum absolute atomic E-state index is 13.4. The Hall–Kier alpha value is -2.98. The average Bonchev–Trinajstić information content (AvgIpc) is 3.09. The van der Waals surface area contributed by atoms with E-state index in [1.807, 2.05) is 0 Å². The van der Waals surface area contributed by atoms with Gasteiger partial charge in [0.2, 0.25) is 10.0 Å². The van der Waals surface area contributed by atoms with Gasteiger partial charge < -0.3 is 0 Å². The highest BCUT2D eigenvalue weighted by molar-refractivity contribution is 7.89. The molecule has 0 aliphatic rings. The first kappa shape index (κ1) is 17.8. The maximum atomic E-state index is 13.4. The standard InChI is InChI=1S/C16H14FN5O3S/c1-11(23)12-5-7-15(8-6-12)26(24,25)18-10-16-19-20-21-22(16)14-4-2-3-13(17)9-14/h2-9,18H,10H2,1H3. The van der Waals surface area contributed by atoms with E-state index in [2.05, 4.69) is 20.2 Å². The third kappa shape index (κ3) is 3.81. The molecule has 0 bridgehead atoms. The van der Waals surface area contributed by atoms with Crippen molar-refractivity contribution in [3.05, 3.63) is 65.7 Å². The topological polar surface area (TPSA) is 107 Å². The van der Waals surface area contributed by atoms with Crippen LogP contribution in [-0.2, 0) is 16.6 Å². The summed E-state index contributed by atoms with van der Waals surface area (Å²) in [5.74, 6) is -0.425. The number of nitrogens with zero attached hydrogens (tertiary/aromatic N) is 4. The van der Waals surface area contributed by atoms with Crippen molar-refractivity contribution in [3.63, 3.8) is 0 Å². The van der Waals surface area contributed by atoms with E-state index in [9.17, 15) is 17.6 Å². The Balaban J connectivity index is 1.79. The van der Waals surface area contributed by atoms with Crippen LogP contribution in [0.5, 0.6) is 0 Å². The quantitative estimate of drug-likeness (QED) is 0.654. The number of aromatic nitrogens is 4. The molecule has 0 fully saturated rings. The average molecular weight is 375 g/mol. The Labute approximate surface area is 148 Å². The number of carbonyl (C=O) groups excluding carboxylic acids is 1. The Bertz CT molecular complexity index is 1050. The highest BCUT2D eigenvalue weighted by atomic mass is 32.2. The minimum absolute atomic E-state index is 0.00674. The van der Waals surface area contributed by atoms with Gasteiger partial charge in [-0.2, -0.15) is 4.68 Å². The molecule has 1 aromatic heterocycles. The number of hydrogen-bond donors (Lipinski definition) is 1. The normalized spacial score (nSPS) is 11.5. The van der Waals surface area contributed by atoms with E-state index in [4.69, 9.17) is 0 Å². The lowest BCUT2D eigenvalue weighted by Gasteiger charge is -2.08. The fourth-order valence-corrected chi connectivity index (χ4v) is 3.22. The van der Waals surface area contributed by atoms with Crippen LogP contribution in [0.25, 0.3) is 5.69 Å². The molecule has 0 aliphatic carbocycles. The molecule has 1 heterocycles. The van der Waals surface area contributed by atoms with Crippen LogP contribution in [-0.4, -0.2) is 34.4 Å². The SMILES string of the molecule is CC(=O)c1ccc(S(=O)(=O)NCc2nnnn2-c2cccc(F)c2)cc1. The van der Waals surface area contributed by atoms with Gasteiger partial charge in [0.1, 0.15) is 5.82 Å². The lowest BCUT2D eigenvalue weighted by molar-refractivity contribution is 0.101. The van der Waals surface area contributed by atoms with Crippen LogP contribution in [0, 0.1) is 5.82 Å². The molecular weight excluding hydrogens is 361 g/mol. The van der Waals surface area contributed by atoms with Crippen LogP contribution in [0.1, 0.15) is 23.1 Å². The third-order valence-corrected chi connectivity index (χ3v) is 5.00. The van der Waals surface area contributed by atoms with Crippen molar-refractivity contribution in [1.82, 2.24) is 24.9 Å². The smallest absolute Gasteiger partial charge is 0.240 e. The van der Waals surface area contributed by atoms with Crippen LogP contribution in [0.4, 0.5) is 4.39 Å². The maximum Gasteiger partial charge on any atom is 0.240 e. The molecular formula is C16H14FN5O3S. The zero-order valence-electron chi connectivity index (χ0n) is 13.6. The highest BCUT2D eigenvalue weighted by Gasteiger charge is 2.17. The van der Waals surface area contributed by atoms with Crippen LogP contribution in [0.2, 0.25) is 0 Å². The zero-order chi connectivity index (χ0) is 18.7. The molecule has 3 aromatic rings. The number of benzene rings is 2. The van der Waals surface area contributed by atoms with Crippen LogP contribution < -0.4 is 4.72 Å². The fraction of sp³-hybridized carbons (Fsp3) is 0.125. The predicted octanol–water partition coefficient (Wildman–Crippen LogP) is 1.48. The second-order valence-electron chi connectivity index (χ2n) is 5.39. The van der Waals surface area contributed by atoms with Gasteiger partial charge in [-0.15, -0.1) is 5.10 Å². The van der Waals surface area contributed by atoms with Crippen molar-refractivity contribution in [2.45, 2.75) is 18.4 Å². The monoisotopic (exact) mass is 375 g/mol.